The van der Waals surface area contributed by atoms with Crippen LogP contribution in [0.15, 0.2) is 46.9 Å². The molecule has 21 heavy (non-hydrogen) atoms. The molecule has 0 bridgehead atoms. The van der Waals surface area contributed by atoms with Crippen LogP contribution in [0, 0.1) is 11.3 Å². The van der Waals surface area contributed by atoms with Crippen molar-refractivity contribution in [1.82, 2.24) is 0 Å². The van der Waals surface area contributed by atoms with Gasteiger partial charge in [0, 0.05) is 11.6 Å². The summed E-state index contributed by atoms with van der Waals surface area (Å²) in [5.74, 6) is 1.39. The van der Waals surface area contributed by atoms with Gasteiger partial charge in [-0.15, -0.1) is 0 Å². The lowest BCUT2D eigenvalue weighted by Crippen LogP contribution is -1.97. The summed E-state index contributed by atoms with van der Waals surface area (Å²) in [6.07, 6.45) is 0. The summed E-state index contributed by atoms with van der Waals surface area (Å²) in [6, 6.07) is 14.7. The fourth-order valence-electron chi connectivity index (χ4n) is 1.68. The SMILES string of the molecule is COCOCc1ccc(Oc2ccc(C#N)cc2)cc1Br. The molecule has 0 aliphatic heterocycles. The third-order valence-corrected chi connectivity index (χ3v) is 3.44. The highest BCUT2D eigenvalue weighted by atomic mass is 79.9. The van der Waals surface area contributed by atoms with Gasteiger partial charge in [0.15, 0.2) is 0 Å². The number of ether oxygens (including phenoxy) is 3. The van der Waals surface area contributed by atoms with Crippen LogP contribution >= 0.6 is 15.9 Å². The maximum Gasteiger partial charge on any atom is 0.146 e. The number of hydrogen-bond acceptors (Lipinski definition) is 4. The lowest BCUT2D eigenvalue weighted by atomic mass is 10.2. The van der Waals surface area contributed by atoms with Gasteiger partial charge in [0.1, 0.15) is 18.3 Å². The lowest BCUT2D eigenvalue weighted by Gasteiger charge is -2.09. The summed E-state index contributed by atoms with van der Waals surface area (Å²) in [7, 11) is 1.59. The fourth-order valence-corrected chi connectivity index (χ4v) is 2.15. The number of rotatable bonds is 6. The monoisotopic (exact) mass is 347 g/mol. The van der Waals surface area contributed by atoms with Crippen LogP contribution in [0.3, 0.4) is 0 Å². The van der Waals surface area contributed by atoms with E-state index in [-0.39, 0.29) is 6.79 Å². The van der Waals surface area contributed by atoms with E-state index in [1.54, 1.807) is 31.4 Å². The van der Waals surface area contributed by atoms with Gasteiger partial charge >= 0.3 is 0 Å². The molecule has 0 aromatic heterocycles. The number of methoxy groups -OCH3 is 1. The maximum atomic E-state index is 8.76. The number of nitriles is 1. The van der Waals surface area contributed by atoms with Gasteiger partial charge < -0.3 is 14.2 Å². The second kappa shape index (κ2) is 7.79. The molecule has 2 rings (SSSR count). The molecule has 0 atom stereocenters. The normalized spacial score (nSPS) is 10.1. The molecule has 0 amide bonds. The minimum Gasteiger partial charge on any atom is -0.457 e. The van der Waals surface area contributed by atoms with Gasteiger partial charge in [-0.2, -0.15) is 5.26 Å². The molecule has 0 spiro atoms. The molecule has 0 aliphatic rings. The van der Waals surface area contributed by atoms with Crippen LogP contribution in [0.5, 0.6) is 11.5 Å². The first-order valence-electron chi connectivity index (χ1n) is 6.26. The Bertz CT molecular complexity index is 635. The second-order valence-electron chi connectivity index (χ2n) is 4.25. The van der Waals surface area contributed by atoms with Crippen molar-refractivity contribution in [3.8, 4) is 17.6 Å². The summed E-state index contributed by atoms with van der Waals surface area (Å²) in [6.45, 7) is 0.724. The van der Waals surface area contributed by atoms with E-state index in [9.17, 15) is 0 Å². The third-order valence-electron chi connectivity index (χ3n) is 2.70. The topological polar surface area (TPSA) is 51.5 Å². The Morgan fingerprint density at radius 2 is 1.81 bits per heavy atom. The summed E-state index contributed by atoms with van der Waals surface area (Å²) in [5, 5.41) is 8.76. The Morgan fingerprint density at radius 3 is 2.43 bits per heavy atom. The van der Waals surface area contributed by atoms with Crippen LogP contribution in [-0.4, -0.2) is 13.9 Å². The van der Waals surface area contributed by atoms with Crippen LogP contribution in [0.2, 0.25) is 0 Å². The lowest BCUT2D eigenvalue weighted by molar-refractivity contribution is -0.0392. The molecule has 0 heterocycles. The van der Waals surface area contributed by atoms with E-state index >= 15 is 0 Å². The molecule has 2 aromatic rings. The standard InChI is InChI=1S/C16H14BrNO3/c1-19-11-20-10-13-4-7-15(8-16(13)17)21-14-5-2-12(9-18)3-6-14/h2-8H,10-11H2,1H3. The molecule has 4 nitrogen and oxygen atoms in total. The predicted octanol–water partition coefficient (Wildman–Crippen LogP) is 4.23. The maximum absolute atomic E-state index is 8.76. The van der Waals surface area contributed by atoms with Crippen molar-refractivity contribution in [2.75, 3.05) is 13.9 Å². The van der Waals surface area contributed by atoms with Gasteiger partial charge in [0.05, 0.1) is 18.2 Å². The van der Waals surface area contributed by atoms with E-state index in [2.05, 4.69) is 22.0 Å². The number of hydrogen-bond donors (Lipinski definition) is 0. The Hall–Kier alpha value is -1.87. The molecule has 0 saturated heterocycles. The molecular weight excluding hydrogens is 334 g/mol. The predicted molar refractivity (Wildman–Crippen MR) is 82.0 cm³/mol. The Balaban J connectivity index is 2.03. The minimum absolute atomic E-state index is 0.260. The van der Waals surface area contributed by atoms with Crippen LogP contribution in [0.1, 0.15) is 11.1 Å². The zero-order chi connectivity index (χ0) is 15.1. The van der Waals surface area contributed by atoms with E-state index in [1.165, 1.54) is 0 Å². The highest BCUT2D eigenvalue weighted by molar-refractivity contribution is 9.10. The smallest absolute Gasteiger partial charge is 0.146 e. The summed E-state index contributed by atoms with van der Waals surface area (Å²) >= 11 is 3.49. The number of nitrogens with zero attached hydrogens (tertiary/aromatic N) is 1. The quantitative estimate of drug-likeness (QED) is 0.579. The number of benzene rings is 2. The molecule has 2 aromatic carbocycles. The first-order valence-corrected chi connectivity index (χ1v) is 7.05. The molecule has 0 fully saturated rings. The molecular formula is C16H14BrNO3. The molecule has 0 radical (unpaired) electrons. The van der Waals surface area contributed by atoms with Crippen molar-refractivity contribution in [3.63, 3.8) is 0 Å². The Kier molecular flexibility index (Phi) is 5.76. The average molecular weight is 348 g/mol. The second-order valence-corrected chi connectivity index (χ2v) is 5.10. The third kappa shape index (κ3) is 4.57. The van der Waals surface area contributed by atoms with Crippen molar-refractivity contribution in [1.29, 1.82) is 5.26 Å². The van der Waals surface area contributed by atoms with Crippen LogP contribution in [-0.2, 0) is 16.1 Å². The summed E-state index contributed by atoms with van der Waals surface area (Å²) in [4.78, 5) is 0. The van der Waals surface area contributed by atoms with Crippen molar-refractivity contribution < 1.29 is 14.2 Å². The molecule has 0 N–H and O–H groups in total. The van der Waals surface area contributed by atoms with Crippen LogP contribution in [0.25, 0.3) is 0 Å². The molecule has 0 unspecified atom stereocenters. The van der Waals surface area contributed by atoms with Gasteiger partial charge in [-0.1, -0.05) is 22.0 Å². The zero-order valence-electron chi connectivity index (χ0n) is 11.5. The van der Waals surface area contributed by atoms with Crippen molar-refractivity contribution in [2.45, 2.75) is 6.61 Å². The van der Waals surface area contributed by atoms with E-state index in [0.717, 1.165) is 10.0 Å². The fraction of sp³-hybridized carbons (Fsp3) is 0.188. The average Bonchev–Trinajstić information content (AvgIpc) is 2.50. The van der Waals surface area contributed by atoms with E-state index in [4.69, 9.17) is 19.5 Å². The first-order chi connectivity index (χ1) is 10.2. The Labute approximate surface area is 132 Å². The van der Waals surface area contributed by atoms with Gasteiger partial charge in [-0.25, -0.2) is 0 Å². The van der Waals surface area contributed by atoms with Crippen molar-refractivity contribution >= 4 is 15.9 Å². The molecule has 5 heteroatoms. The summed E-state index contributed by atoms with van der Waals surface area (Å²) in [5.41, 5.74) is 1.62. The highest BCUT2D eigenvalue weighted by Crippen LogP contribution is 2.27. The van der Waals surface area contributed by atoms with Gasteiger partial charge in [0.2, 0.25) is 0 Å². The summed E-state index contributed by atoms with van der Waals surface area (Å²) < 4.78 is 16.8. The Morgan fingerprint density at radius 1 is 1.10 bits per heavy atom. The van der Waals surface area contributed by atoms with Crippen molar-refractivity contribution in [3.05, 3.63) is 58.1 Å². The minimum atomic E-state index is 0.260. The molecule has 0 aliphatic carbocycles. The number of halogens is 1. The largest absolute Gasteiger partial charge is 0.457 e. The van der Waals surface area contributed by atoms with Crippen molar-refractivity contribution in [2.24, 2.45) is 0 Å². The zero-order valence-corrected chi connectivity index (χ0v) is 13.1. The van der Waals surface area contributed by atoms with Gasteiger partial charge in [-0.3, -0.25) is 0 Å². The highest BCUT2D eigenvalue weighted by Gasteiger charge is 2.04. The van der Waals surface area contributed by atoms with Gasteiger partial charge in [0.25, 0.3) is 0 Å². The van der Waals surface area contributed by atoms with Crippen LogP contribution in [0.4, 0.5) is 0 Å². The first kappa shape index (κ1) is 15.5. The molecule has 108 valence electrons. The van der Waals surface area contributed by atoms with Gasteiger partial charge in [-0.05, 0) is 42.0 Å². The van der Waals surface area contributed by atoms with Crippen LogP contribution < -0.4 is 4.74 Å². The molecule has 0 saturated carbocycles. The van der Waals surface area contributed by atoms with E-state index < -0.39 is 0 Å². The van der Waals surface area contributed by atoms with E-state index in [0.29, 0.717) is 23.7 Å². The van der Waals surface area contributed by atoms with E-state index in [1.807, 2.05) is 18.2 Å².